The molecule has 0 aromatic carbocycles. The van der Waals surface area contributed by atoms with E-state index >= 15 is 0 Å². The molecule has 0 saturated carbocycles. The fourth-order valence-corrected chi connectivity index (χ4v) is 0. The van der Waals surface area contributed by atoms with Crippen molar-refractivity contribution in [3.63, 3.8) is 0 Å². The molecular weight excluding hydrogens is 188 g/mol. The Balaban J connectivity index is 0. The first-order chi connectivity index (χ1) is 0. The average molecular weight is 188 g/mol. The monoisotopic (exact) mass is 188 g/mol. The summed E-state index contributed by atoms with van der Waals surface area (Å²) in [5.41, 5.74) is 0. The van der Waals surface area contributed by atoms with Crippen molar-refractivity contribution in [2.75, 3.05) is 0 Å². The van der Waals surface area contributed by atoms with Crippen molar-refractivity contribution >= 4 is 0 Å². The average Bonchev–Trinajstić information content (AvgIpc) is 0. The van der Waals surface area contributed by atoms with Gasteiger partial charge >= 0.3 is 22.4 Å². The van der Waals surface area contributed by atoms with E-state index in [9.17, 15) is 0 Å². The fraction of sp³-hybridized carbons (Fsp3) is 0. The predicted octanol–water partition coefficient (Wildman–Crippen LogP) is -15.0. The van der Waals surface area contributed by atoms with Gasteiger partial charge in [-0.25, -0.2) is 0 Å². The van der Waals surface area contributed by atoms with Crippen LogP contribution in [0.5, 0.6) is 0 Å². The van der Waals surface area contributed by atoms with Gasteiger partial charge in [-0.15, -0.1) is 0 Å². The van der Waals surface area contributed by atoms with Crippen molar-refractivity contribution < 1.29 is 45.9 Å². The van der Waals surface area contributed by atoms with Gasteiger partial charge in [0.25, 0.3) is 0 Å². The van der Waals surface area contributed by atoms with E-state index in [0.717, 1.165) is 0 Å². The normalized spacial score (nSPS) is 0. The summed E-state index contributed by atoms with van der Waals surface area (Å²) in [6.45, 7) is 0. The number of hydrogen-bond donors (Lipinski definition) is 0. The molecule has 0 bridgehead atoms. The molecule has 0 N–H and O–H groups in total. The SMILES string of the molecule is [F-].[F-].[F-].[F-].[F-].[Nb+2]. The van der Waals surface area contributed by atoms with Crippen LogP contribution < -0.4 is 23.5 Å². The van der Waals surface area contributed by atoms with E-state index in [-0.39, 0.29) is 45.9 Å². The van der Waals surface area contributed by atoms with E-state index in [1.165, 1.54) is 0 Å². The molecule has 0 aromatic heterocycles. The van der Waals surface area contributed by atoms with Gasteiger partial charge < -0.3 is 23.5 Å². The molecule has 0 spiro atoms. The molecule has 0 fully saturated rings. The van der Waals surface area contributed by atoms with E-state index in [0.29, 0.717) is 0 Å². The Morgan fingerprint density at radius 3 is 0.333 bits per heavy atom. The Kier molecular flexibility index (Phi) is 139000. The van der Waals surface area contributed by atoms with E-state index in [2.05, 4.69) is 0 Å². The number of hydrogen-bond acceptors (Lipinski definition) is 0. The Hall–Kier alpha value is 0.390. The third kappa shape index (κ3) is 331. The summed E-state index contributed by atoms with van der Waals surface area (Å²) >= 11 is 0. The first-order valence-electron chi connectivity index (χ1n) is 0. The minimum absolute atomic E-state index is 0. The van der Waals surface area contributed by atoms with E-state index in [4.69, 9.17) is 0 Å². The maximum atomic E-state index is 0. The van der Waals surface area contributed by atoms with Crippen LogP contribution in [0.2, 0.25) is 0 Å². The summed E-state index contributed by atoms with van der Waals surface area (Å²) in [5, 5.41) is 0. The first-order valence-corrected chi connectivity index (χ1v) is 0. The molecule has 6 heteroatoms. The summed E-state index contributed by atoms with van der Waals surface area (Å²) in [6, 6.07) is 0. The van der Waals surface area contributed by atoms with E-state index < -0.39 is 0 Å². The third-order valence-corrected chi connectivity index (χ3v) is 0. The second kappa shape index (κ2) is 682. The van der Waals surface area contributed by atoms with Crippen LogP contribution in [0.1, 0.15) is 0 Å². The van der Waals surface area contributed by atoms with Gasteiger partial charge in [0.15, 0.2) is 0 Å². The quantitative estimate of drug-likeness (QED) is 0.261. The summed E-state index contributed by atoms with van der Waals surface area (Å²) < 4.78 is 0. The molecule has 43 valence electrons. The molecule has 0 nitrogen and oxygen atoms in total. The molecule has 0 atom stereocenters. The Morgan fingerprint density at radius 1 is 0.333 bits per heavy atom. The zero-order valence-corrected chi connectivity index (χ0v) is 4.54. The van der Waals surface area contributed by atoms with Crippen LogP contribution in [-0.2, 0) is 22.4 Å². The maximum absolute atomic E-state index is 0. The first kappa shape index (κ1) is 1220. The van der Waals surface area contributed by atoms with E-state index in [1.54, 1.807) is 0 Å². The third-order valence-electron chi connectivity index (χ3n) is 0. The summed E-state index contributed by atoms with van der Waals surface area (Å²) in [7, 11) is 0. The predicted molar refractivity (Wildman–Crippen MR) is 0 cm³/mol. The zero-order chi connectivity index (χ0) is 0. The minimum atomic E-state index is 0. The molecule has 0 aliphatic rings. The minimum Gasteiger partial charge on any atom is -1.00 e. The van der Waals surface area contributed by atoms with Crippen LogP contribution in [0.25, 0.3) is 0 Å². The van der Waals surface area contributed by atoms with Crippen molar-refractivity contribution in [3.05, 3.63) is 0 Å². The molecular formula is F5Nb-3. The van der Waals surface area contributed by atoms with Crippen LogP contribution in [0, 0.1) is 0 Å². The smallest absolute Gasteiger partial charge is 1.00 e. The molecule has 0 unspecified atom stereocenters. The molecule has 0 aliphatic carbocycles. The molecule has 0 saturated heterocycles. The van der Waals surface area contributed by atoms with Gasteiger partial charge in [0.1, 0.15) is 0 Å². The summed E-state index contributed by atoms with van der Waals surface area (Å²) in [4.78, 5) is 0. The van der Waals surface area contributed by atoms with Crippen LogP contribution in [0.15, 0.2) is 0 Å². The molecule has 0 aromatic rings. The van der Waals surface area contributed by atoms with Gasteiger partial charge in [-0.2, -0.15) is 0 Å². The Bertz CT molecular complexity index is 3.90. The van der Waals surface area contributed by atoms with Crippen molar-refractivity contribution in [2.45, 2.75) is 0 Å². The summed E-state index contributed by atoms with van der Waals surface area (Å²) in [6.07, 6.45) is 0. The zero-order valence-electron chi connectivity index (χ0n) is 2.34. The largest absolute Gasteiger partial charge is 2.00 e. The second-order valence-electron chi connectivity index (χ2n) is 0. The fourth-order valence-electron chi connectivity index (χ4n) is 0. The Morgan fingerprint density at radius 2 is 0.333 bits per heavy atom. The molecule has 0 heterocycles. The van der Waals surface area contributed by atoms with Gasteiger partial charge in [0.2, 0.25) is 0 Å². The van der Waals surface area contributed by atoms with Gasteiger partial charge in [-0.1, -0.05) is 0 Å². The molecule has 6 heavy (non-hydrogen) atoms. The topological polar surface area (TPSA) is 0 Å². The Labute approximate surface area is 46.6 Å². The number of rotatable bonds is 0. The van der Waals surface area contributed by atoms with Gasteiger partial charge in [0.05, 0.1) is 0 Å². The molecule has 0 amide bonds. The van der Waals surface area contributed by atoms with Gasteiger partial charge in [-0.3, -0.25) is 0 Å². The van der Waals surface area contributed by atoms with Crippen LogP contribution in [0.4, 0.5) is 0 Å². The molecule has 0 rings (SSSR count). The van der Waals surface area contributed by atoms with Gasteiger partial charge in [-0.05, 0) is 0 Å². The van der Waals surface area contributed by atoms with Gasteiger partial charge in [0, 0.05) is 0 Å². The van der Waals surface area contributed by atoms with E-state index in [1.807, 2.05) is 0 Å². The molecule has 0 aliphatic heterocycles. The van der Waals surface area contributed by atoms with Crippen molar-refractivity contribution in [3.8, 4) is 0 Å². The summed E-state index contributed by atoms with van der Waals surface area (Å²) in [5.74, 6) is 0. The maximum Gasteiger partial charge on any atom is 2.00 e. The number of halogens is 5. The second-order valence-corrected chi connectivity index (χ2v) is 0. The van der Waals surface area contributed by atoms with Crippen LogP contribution in [0.3, 0.4) is 0 Å². The standard InChI is InChI=1S/5FH.Nb/h5*1H;/q;;;;;+2/p-5. The van der Waals surface area contributed by atoms with Crippen LogP contribution >= 0.6 is 0 Å². The van der Waals surface area contributed by atoms with Crippen molar-refractivity contribution in [1.29, 1.82) is 0 Å². The van der Waals surface area contributed by atoms with Crippen LogP contribution in [-0.4, -0.2) is 0 Å². The molecule has 1 radical (unpaired) electrons. The van der Waals surface area contributed by atoms with Crippen molar-refractivity contribution in [1.82, 2.24) is 0 Å². The van der Waals surface area contributed by atoms with Crippen molar-refractivity contribution in [2.24, 2.45) is 0 Å².